The molecule has 2 aromatic rings. The smallest absolute Gasteiger partial charge is 0 e. The second kappa shape index (κ2) is 18.8. The van der Waals surface area contributed by atoms with Gasteiger partial charge in [0.25, 0.3) is 0 Å². The van der Waals surface area contributed by atoms with Gasteiger partial charge in [-0.2, -0.15) is 18.2 Å². The predicted octanol–water partition coefficient (Wildman–Crippen LogP) is 2.70. The van der Waals surface area contributed by atoms with Crippen LogP contribution in [0.3, 0.4) is 0 Å². The van der Waals surface area contributed by atoms with Crippen molar-refractivity contribution < 1.29 is 31.2 Å². The van der Waals surface area contributed by atoms with Crippen molar-refractivity contribution in [1.29, 1.82) is 0 Å². The van der Waals surface area contributed by atoms with Crippen LogP contribution in [-0.2, 0) is 39.0 Å². The van der Waals surface area contributed by atoms with Gasteiger partial charge in [0.15, 0.2) is 0 Å². The van der Waals surface area contributed by atoms with Crippen LogP contribution in [0.5, 0.6) is 0 Å². The zero-order chi connectivity index (χ0) is 14.2. The molecule has 0 N–H and O–H groups in total. The average Bonchev–Trinajstić information content (AvgIpc) is 3.03. The number of benzene rings is 1. The first-order chi connectivity index (χ1) is 8.80. The Morgan fingerprint density at radius 3 is 1.58 bits per heavy atom. The molecule has 3 nitrogen and oxygen atoms in total. The molecule has 100 valence electrons. The van der Waals surface area contributed by atoms with Crippen molar-refractivity contribution in [1.82, 2.24) is 0 Å². The second-order valence-corrected chi connectivity index (χ2v) is 2.99. The van der Waals surface area contributed by atoms with E-state index < -0.39 is 0 Å². The van der Waals surface area contributed by atoms with Gasteiger partial charge in [-0.05, 0) is 5.56 Å². The summed E-state index contributed by atoms with van der Waals surface area (Å²) >= 11 is 4.41. The molecule has 0 fully saturated rings. The molecule has 0 radical (unpaired) electrons. The van der Waals surface area contributed by atoms with Crippen molar-refractivity contribution in [3.63, 3.8) is 0 Å². The van der Waals surface area contributed by atoms with E-state index in [9.17, 15) is 4.79 Å². The summed E-state index contributed by atoms with van der Waals surface area (Å²) < 4.78 is 15.0. The fourth-order valence-corrected chi connectivity index (χ4v) is 1.03. The Bertz CT molecular complexity index is 412. The molecule has 0 unspecified atom stereocenters. The summed E-state index contributed by atoms with van der Waals surface area (Å²) in [4.78, 5) is 10.5. The van der Waals surface area contributed by atoms with Crippen LogP contribution in [0.1, 0.15) is 10.4 Å². The van der Waals surface area contributed by atoms with E-state index in [-0.39, 0.29) is 22.2 Å². The Labute approximate surface area is 128 Å². The molecule has 0 aromatic heterocycles. The molecular weight excluding hydrogens is 304 g/mol. The van der Waals surface area contributed by atoms with Gasteiger partial charge in [0.2, 0.25) is 0 Å². The molecule has 0 bridgehead atoms. The monoisotopic (exact) mass is 314 g/mol. The molecule has 0 saturated heterocycles. The molecule has 0 atom stereocenters. The Morgan fingerprint density at radius 2 is 1.37 bits per heavy atom. The Kier molecular flexibility index (Phi) is 22.4. The first-order valence-electron chi connectivity index (χ1n) is 4.64. The van der Waals surface area contributed by atoms with Gasteiger partial charge in [-0.25, -0.2) is 12.1 Å². The Morgan fingerprint density at radius 1 is 0.947 bits per heavy atom. The van der Waals surface area contributed by atoms with E-state index in [4.69, 9.17) is 9.30 Å². The quantitative estimate of drug-likeness (QED) is 0.352. The van der Waals surface area contributed by atoms with Gasteiger partial charge in [0, 0.05) is 22.2 Å². The maximum atomic E-state index is 10.5. The van der Waals surface area contributed by atoms with Crippen LogP contribution in [-0.4, -0.2) is 5.12 Å². The summed E-state index contributed by atoms with van der Waals surface area (Å²) in [7, 11) is 0. The van der Waals surface area contributed by atoms with E-state index in [2.05, 4.69) is 25.9 Å². The summed E-state index contributed by atoms with van der Waals surface area (Å²) in [5.41, 5.74) is 0.590. The number of carbonyl (C=O) groups is 1. The SMILES string of the molecule is O=C([S-])c1ccccc1.[C-]#[O+].[C-]#[O+].[Fe].c1cc[cH-]c1. The molecular formula is C14H10FeO3S-2. The van der Waals surface area contributed by atoms with Crippen molar-refractivity contribution >= 4 is 17.7 Å². The first kappa shape index (κ1) is 22.6. The summed E-state index contributed by atoms with van der Waals surface area (Å²) in [6, 6.07) is 18.8. The minimum absolute atomic E-state index is 0. The Balaban J connectivity index is -0.000000220. The topological polar surface area (TPSA) is 56.9 Å². The van der Waals surface area contributed by atoms with Crippen LogP contribution >= 0.6 is 0 Å². The molecule has 5 heteroatoms. The van der Waals surface area contributed by atoms with Crippen molar-refractivity contribution in [3.05, 3.63) is 79.5 Å². The number of hydrogen-bond donors (Lipinski definition) is 0. The van der Waals surface area contributed by atoms with Crippen molar-refractivity contribution in [2.24, 2.45) is 0 Å². The minimum atomic E-state index is -0.296. The molecule has 0 aliphatic rings. The van der Waals surface area contributed by atoms with Crippen LogP contribution in [0.4, 0.5) is 0 Å². The third kappa shape index (κ3) is 14.4. The molecule has 0 spiro atoms. The van der Waals surface area contributed by atoms with Crippen LogP contribution in [0, 0.1) is 13.3 Å². The zero-order valence-electron chi connectivity index (χ0n) is 9.76. The van der Waals surface area contributed by atoms with Gasteiger partial charge in [0.05, 0.1) is 0 Å². The molecule has 19 heavy (non-hydrogen) atoms. The van der Waals surface area contributed by atoms with Gasteiger partial charge in [-0.15, -0.1) is 0 Å². The zero-order valence-corrected chi connectivity index (χ0v) is 11.7. The second-order valence-electron chi connectivity index (χ2n) is 2.62. The number of hydrogen-bond acceptors (Lipinski definition) is 2. The van der Waals surface area contributed by atoms with Crippen LogP contribution < -0.4 is 0 Å². The number of carbonyl (C=O) groups excluding carboxylic acids is 1. The summed E-state index contributed by atoms with van der Waals surface area (Å²) in [5, 5.41) is -0.296. The molecule has 2 aromatic carbocycles. The van der Waals surface area contributed by atoms with Gasteiger partial charge in [0.1, 0.15) is 0 Å². The maximum absolute atomic E-state index is 10.5. The van der Waals surface area contributed by atoms with E-state index in [1.165, 1.54) is 0 Å². The molecule has 0 saturated carbocycles. The van der Waals surface area contributed by atoms with Gasteiger partial charge < -0.3 is 17.4 Å². The van der Waals surface area contributed by atoms with E-state index >= 15 is 0 Å². The summed E-state index contributed by atoms with van der Waals surface area (Å²) in [5.74, 6) is 0. The van der Waals surface area contributed by atoms with Crippen LogP contribution in [0.2, 0.25) is 0 Å². The van der Waals surface area contributed by atoms with E-state index in [1.54, 1.807) is 24.3 Å². The van der Waals surface area contributed by atoms with Crippen molar-refractivity contribution in [3.8, 4) is 0 Å². The third-order valence-electron chi connectivity index (χ3n) is 1.57. The number of rotatable bonds is 1. The first-order valence-corrected chi connectivity index (χ1v) is 5.05. The fourth-order valence-electron chi connectivity index (χ4n) is 0.895. The Hall–Kier alpha value is -1.54. The minimum Gasteiger partial charge on any atom is -0.214 e. The van der Waals surface area contributed by atoms with Crippen LogP contribution in [0.15, 0.2) is 60.7 Å². The average molecular weight is 314 g/mol. The van der Waals surface area contributed by atoms with Gasteiger partial charge >= 0.3 is 22.6 Å². The fraction of sp³-hybridized carbons (Fsp3) is 0. The van der Waals surface area contributed by atoms with E-state index in [1.807, 2.05) is 36.4 Å². The molecule has 0 aliphatic carbocycles. The van der Waals surface area contributed by atoms with Gasteiger partial charge in [-0.1, -0.05) is 30.3 Å². The maximum Gasteiger partial charge on any atom is 0 e. The molecule has 0 heterocycles. The van der Waals surface area contributed by atoms with E-state index in [0.717, 1.165) is 0 Å². The largest absolute Gasteiger partial charge is 0.214 e. The van der Waals surface area contributed by atoms with Crippen molar-refractivity contribution in [2.45, 2.75) is 0 Å². The molecule has 0 aliphatic heterocycles. The predicted molar refractivity (Wildman–Crippen MR) is 68.0 cm³/mol. The summed E-state index contributed by atoms with van der Waals surface area (Å²) in [6.45, 7) is 9.00. The standard InChI is InChI=1S/C7H6OS.C5H5.2CO.Fe/c8-7(9)6-4-2-1-3-5-6;1-2-4-5-3-1;2*1-2;/h1-5H,(H,8,9);1-5H;;;/q;-1;;;/p-1. The van der Waals surface area contributed by atoms with E-state index in [0.29, 0.717) is 5.56 Å². The van der Waals surface area contributed by atoms with Crippen molar-refractivity contribution in [2.75, 3.05) is 0 Å². The third-order valence-corrected chi connectivity index (χ3v) is 1.80. The summed E-state index contributed by atoms with van der Waals surface area (Å²) in [6.07, 6.45) is 0. The van der Waals surface area contributed by atoms with Gasteiger partial charge in [-0.3, -0.25) is 0 Å². The van der Waals surface area contributed by atoms with Crippen LogP contribution in [0.25, 0.3) is 0 Å². The molecule has 0 amide bonds. The normalized spacial score (nSPS) is 6.53. The molecule has 2 rings (SSSR count).